The van der Waals surface area contributed by atoms with Gasteiger partial charge in [-0.1, -0.05) is 30.3 Å². The predicted octanol–water partition coefficient (Wildman–Crippen LogP) is 2.19. The number of nitrogens with zero attached hydrogens (tertiary/aromatic N) is 3. The normalized spacial score (nSPS) is 10.6. The second kappa shape index (κ2) is 5.80. The van der Waals surface area contributed by atoms with Gasteiger partial charge in [0.25, 0.3) is 11.2 Å². The maximum Gasteiger partial charge on any atom is 0.271 e. The summed E-state index contributed by atoms with van der Waals surface area (Å²) in [5.41, 5.74) is 0.187. The van der Waals surface area contributed by atoms with Gasteiger partial charge in [-0.3, -0.25) is 24.3 Å². The van der Waals surface area contributed by atoms with Crippen molar-refractivity contribution in [3.05, 3.63) is 80.9 Å². The molecule has 0 fully saturated rings. The molecule has 3 rings (SSSR count). The van der Waals surface area contributed by atoms with Gasteiger partial charge in [0.2, 0.25) is 0 Å². The molecule has 0 N–H and O–H groups in total. The van der Waals surface area contributed by atoms with E-state index < -0.39 is 10.5 Å². The highest BCUT2D eigenvalue weighted by atomic mass is 16.6. The van der Waals surface area contributed by atoms with Crippen LogP contribution < -0.4 is 5.56 Å². The maximum atomic E-state index is 12.4. The molecule has 3 aromatic rings. The Balaban J connectivity index is 1.98. The molecule has 7 heteroatoms. The van der Waals surface area contributed by atoms with Crippen molar-refractivity contribution < 1.29 is 9.72 Å². The minimum absolute atomic E-state index is 0.136. The minimum atomic E-state index is -0.550. The molecule has 2 aromatic carbocycles. The van der Waals surface area contributed by atoms with Crippen LogP contribution in [0.25, 0.3) is 10.9 Å². The van der Waals surface area contributed by atoms with Crippen LogP contribution in [0.15, 0.2) is 59.7 Å². The van der Waals surface area contributed by atoms with Crippen LogP contribution in [0, 0.1) is 10.1 Å². The van der Waals surface area contributed by atoms with E-state index in [2.05, 4.69) is 4.98 Å². The number of non-ortho nitro benzene ring substituents is 1. The predicted molar refractivity (Wildman–Crippen MR) is 83.4 cm³/mol. The molecule has 0 aliphatic rings. The summed E-state index contributed by atoms with van der Waals surface area (Å²) in [7, 11) is 0. The number of carbonyl (C=O) groups is 1. The number of benzene rings is 2. The van der Waals surface area contributed by atoms with E-state index in [1.807, 2.05) is 0 Å². The van der Waals surface area contributed by atoms with Crippen molar-refractivity contribution in [2.24, 2.45) is 0 Å². The van der Waals surface area contributed by atoms with E-state index in [9.17, 15) is 19.7 Å². The van der Waals surface area contributed by atoms with Gasteiger partial charge in [0.1, 0.15) is 0 Å². The monoisotopic (exact) mass is 309 g/mol. The average Bonchev–Trinajstić information content (AvgIpc) is 2.57. The zero-order valence-electron chi connectivity index (χ0n) is 11.9. The fraction of sp³-hybridized carbons (Fsp3) is 0.0625. The summed E-state index contributed by atoms with van der Waals surface area (Å²) in [4.78, 5) is 38.8. The largest absolute Gasteiger partial charge is 0.292 e. The first kappa shape index (κ1) is 14.6. The van der Waals surface area contributed by atoms with Crippen molar-refractivity contribution in [2.75, 3.05) is 0 Å². The van der Waals surface area contributed by atoms with E-state index in [4.69, 9.17) is 0 Å². The molecule has 0 aliphatic carbocycles. The standard InChI is InChI=1S/C16H11N3O4/c20-15(11-4-2-1-3-5-11)9-18-10-17-14-8-12(19(22)23)6-7-13(14)16(18)21/h1-8,10H,9H2. The lowest BCUT2D eigenvalue weighted by molar-refractivity contribution is -0.384. The van der Waals surface area contributed by atoms with Gasteiger partial charge in [0.15, 0.2) is 5.78 Å². The summed E-state index contributed by atoms with van der Waals surface area (Å²) < 4.78 is 1.20. The Morgan fingerprint density at radius 3 is 2.61 bits per heavy atom. The number of fused-ring (bicyclic) bond motifs is 1. The fourth-order valence-corrected chi connectivity index (χ4v) is 2.24. The summed E-state index contributed by atoms with van der Waals surface area (Å²) in [5.74, 6) is -0.212. The van der Waals surface area contributed by atoms with Crippen molar-refractivity contribution in [2.45, 2.75) is 6.54 Å². The van der Waals surface area contributed by atoms with Crippen LogP contribution in [0.4, 0.5) is 5.69 Å². The van der Waals surface area contributed by atoms with Gasteiger partial charge in [-0.25, -0.2) is 4.98 Å². The Bertz CT molecular complexity index is 964. The third kappa shape index (κ3) is 2.84. The van der Waals surface area contributed by atoms with Crippen LogP contribution in [-0.4, -0.2) is 20.3 Å². The van der Waals surface area contributed by atoms with Gasteiger partial charge in [0, 0.05) is 17.7 Å². The summed E-state index contributed by atoms with van der Waals surface area (Å²) >= 11 is 0. The topological polar surface area (TPSA) is 95.1 Å². The molecule has 114 valence electrons. The zero-order chi connectivity index (χ0) is 16.4. The molecule has 0 radical (unpaired) electrons. The molecule has 0 bridgehead atoms. The van der Waals surface area contributed by atoms with E-state index in [0.717, 1.165) is 0 Å². The molecule has 1 heterocycles. The van der Waals surface area contributed by atoms with Crippen molar-refractivity contribution in [1.82, 2.24) is 9.55 Å². The maximum absolute atomic E-state index is 12.4. The number of aromatic nitrogens is 2. The summed E-state index contributed by atoms with van der Waals surface area (Å²) in [6.07, 6.45) is 1.23. The van der Waals surface area contributed by atoms with Crippen molar-refractivity contribution in [1.29, 1.82) is 0 Å². The molecule has 0 aliphatic heterocycles. The number of hydrogen-bond acceptors (Lipinski definition) is 5. The molecule has 0 spiro atoms. The van der Waals surface area contributed by atoms with E-state index in [0.29, 0.717) is 5.56 Å². The van der Waals surface area contributed by atoms with Crippen molar-refractivity contribution in [3.63, 3.8) is 0 Å². The highest BCUT2D eigenvalue weighted by molar-refractivity contribution is 5.96. The first-order valence-corrected chi connectivity index (χ1v) is 6.78. The minimum Gasteiger partial charge on any atom is -0.292 e. The quantitative estimate of drug-likeness (QED) is 0.418. The van der Waals surface area contributed by atoms with Gasteiger partial charge in [0.05, 0.1) is 28.7 Å². The molecule has 0 saturated carbocycles. The molecule has 0 atom stereocenters. The summed E-state index contributed by atoms with van der Waals surface area (Å²) in [5, 5.41) is 11.0. The SMILES string of the molecule is O=C(Cn1cnc2cc([N+](=O)[O-])ccc2c1=O)c1ccccc1. The third-order valence-corrected chi connectivity index (χ3v) is 3.43. The third-order valence-electron chi connectivity index (χ3n) is 3.43. The van der Waals surface area contributed by atoms with Gasteiger partial charge >= 0.3 is 0 Å². The smallest absolute Gasteiger partial charge is 0.271 e. The Hall–Kier alpha value is -3.35. The lowest BCUT2D eigenvalue weighted by Gasteiger charge is -2.06. The first-order chi connectivity index (χ1) is 11.1. The number of Topliss-reactive ketones (excluding diaryl/α,β-unsaturated/α-hetero) is 1. The number of ketones is 1. The number of nitro benzene ring substituents is 1. The zero-order valence-corrected chi connectivity index (χ0v) is 11.9. The van der Waals surface area contributed by atoms with Crippen molar-refractivity contribution >= 4 is 22.4 Å². The number of rotatable bonds is 4. The van der Waals surface area contributed by atoms with E-state index >= 15 is 0 Å². The van der Waals surface area contributed by atoms with Crippen LogP contribution in [-0.2, 0) is 6.54 Å². The highest BCUT2D eigenvalue weighted by Crippen LogP contribution is 2.16. The Kier molecular flexibility index (Phi) is 3.68. The average molecular weight is 309 g/mol. The first-order valence-electron chi connectivity index (χ1n) is 6.78. The summed E-state index contributed by atoms with van der Waals surface area (Å²) in [6.45, 7) is -0.136. The molecule has 23 heavy (non-hydrogen) atoms. The second-order valence-corrected chi connectivity index (χ2v) is 4.93. The fourth-order valence-electron chi connectivity index (χ4n) is 2.24. The molecule has 0 saturated heterocycles. The molecular formula is C16H11N3O4. The Labute approximate surface area is 130 Å². The molecule has 1 aromatic heterocycles. The van der Waals surface area contributed by atoms with Crippen LogP contribution in [0.5, 0.6) is 0 Å². The molecule has 7 nitrogen and oxygen atoms in total. The number of nitro groups is 1. The van der Waals surface area contributed by atoms with Crippen LogP contribution in [0.3, 0.4) is 0 Å². The van der Waals surface area contributed by atoms with E-state index in [1.165, 1.54) is 29.1 Å². The molecule has 0 unspecified atom stereocenters. The van der Waals surface area contributed by atoms with E-state index in [-0.39, 0.29) is 28.9 Å². The Morgan fingerprint density at radius 1 is 1.17 bits per heavy atom. The Morgan fingerprint density at radius 2 is 1.91 bits per heavy atom. The van der Waals surface area contributed by atoms with E-state index in [1.54, 1.807) is 30.3 Å². The van der Waals surface area contributed by atoms with Crippen LogP contribution in [0.1, 0.15) is 10.4 Å². The summed E-state index contributed by atoms with van der Waals surface area (Å²) in [6, 6.07) is 12.5. The van der Waals surface area contributed by atoms with Crippen LogP contribution in [0.2, 0.25) is 0 Å². The van der Waals surface area contributed by atoms with Gasteiger partial charge < -0.3 is 0 Å². The number of carbonyl (C=O) groups excluding carboxylic acids is 1. The van der Waals surface area contributed by atoms with Gasteiger partial charge in [-0.2, -0.15) is 0 Å². The van der Waals surface area contributed by atoms with Gasteiger partial charge in [-0.05, 0) is 6.07 Å². The second-order valence-electron chi connectivity index (χ2n) is 4.93. The highest BCUT2D eigenvalue weighted by Gasteiger charge is 2.12. The lowest BCUT2D eigenvalue weighted by Crippen LogP contribution is -2.24. The molecular weight excluding hydrogens is 298 g/mol. The lowest BCUT2D eigenvalue weighted by atomic mass is 10.1. The van der Waals surface area contributed by atoms with Crippen molar-refractivity contribution in [3.8, 4) is 0 Å². The molecule has 0 amide bonds. The van der Waals surface area contributed by atoms with Gasteiger partial charge in [-0.15, -0.1) is 0 Å². The van der Waals surface area contributed by atoms with Crippen LogP contribution >= 0.6 is 0 Å². The number of hydrogen-bond donors (Lipinski definition) is 0.